The quantitative estimate of drug-likeness (QED) is 0.373. The zero-order valence-corrected chi connectivity index (χ0v) is 25.2. The summed E-state index contributed by atoms with van der Waals surface area (Å²) in [6, 6.07) is 16.9. The summed E-state index contributed by atoms with van der Waals surface area (Å²) in [6.45, 7) is 6.22. The fourth-order valence-electron chi connectivity index (χ4n) is 6.93. The first-order valence-corrected chi connectivity index (χ1v) is 15.4. The number of ether oxygens (including phenoxy) is 1. The summed E-state index contributed by atoms with van der Waals surface area (Å²) in [7, 11) is 0. The normalized spacial score (nSPS) is 24.8. The van der Waals surface area contributed by atoms with Crippen LogP contribution in [-0.4, -0.2) is 44.8 Å². The Morgan fingerprint density at radius 1 is 1.00 bits per heavy atom. The van der Waals surface area contributed by atoms with Crippen molar-refractivity contribution in [1.29, 1.82) is 0 Å². The number of nitrogens with zero attached hydrogens (tertiary/aromatic N) is 3. The van der Waals surface area contributed by atoms with Crippen LogP contribution in [-0.2, 0) is 21.1 Å². The van der Waals surface area contributed by atoms with Crippen molar-refractivity contribution in [3.63, 3.8) is 0 Å². The van der Waals surface area contributed by atoms with E-state index in [2.05, 4.69) is 27.7 Å². The lowest BCUT2D eigenvalue weighted by atomic mass is 9.80. The predicted octanol–water partition coefficient (Wildman–Crippen LogP) is 5.48. The molecule has 2 amide bonds. The maximum atomic E-state index is 14.4. The van der Waals surface area contributed by atoms with Crippen molar-refractivity contribution >= 4 is 23.5 Å². The number of aromatic nitrogens is 2. The number of imidazole rings is 1. The number of hydrogen-bond acceptors (Lipinski definition) is 6. The van der Waals surface area contributed by atoms with Gasteiger partial charge in [0.1, 0.15) is 5.82 Å². The largest absolute Gasteiger partial charge is 0.443 e. The van der Waals surface area contributed by atoms with E-state index in [9.17, 15) is 14.4 Å². The molecule has 43 heavy (non-hydrogen) atoms. The first-order valence-electron chi connectivity index (χ1n) is 15.4. The molecule has 3 unspecified atom stereocenters. The molecule has 2 aliphatic heterocycles. The maximum Gasteiger partial charge on any atom is 0.312 e. The van der Waals surface area contributed by atoms with Crippen molar-refractivity contribution < 1.29 is 19.1 Å². The molecule has 2 aromatic carbocycles. The van der Waals surface area contributed by atoms with Gasteiger partial charge < -0.3 is 20.3 Å². The van der Waals surface area contributed by atoms with Crippen LogP contribution >= 0.6 is 0 Å². The highest BCUT2D eigenvalue weighted by Gasteiger charge is 2.49. The fraction of sp³-hybridized carbons (Fsp3) is 0.471. The van der Waals surface area contributed by atoms with E-state index in [1.165, 1.54) is 0 Å². The molecular formula is C34H41N5O4. The number of benzene rings is 2. The van der Waals surface area contributed by atoms with Crippen LogP contribution in [0.4, 0.5) is 5.69 Å². The van der Waals surface area contributed by atoms with Crippen molar-refractivity contribution in [3.8, 4) is 0 Å². The molecule has 3 heterocycles. The van der Waals surface area contributed by atoms with Gasteiger partial charge in [0.2, 0.25) is 5.91 Å². The number of amides is 2. The highest BCUT2D eigenvalue weighted by atomic mass is 16.5. The summed E-state index contributed by atoms with van der Waals surface area (Å²) in [5.74, 6) is 0.315. The minimum atomic E-state index is -0.599. The number of anilines is 1. The van der Waals surface area contributed by atoms with Gasteiger partial charge in [-0.1, -0.05) is 49.2 Å². The SMILES string of the molecule is CC(C)(C)C(=O)OCn1ccnc1C1Nc2ccccc2C2C1CCN2C(=O)[C@H]1CCCC[C@H]1NC(=O)c1ccccc1. The third-order valence-corrected chi connectivity index (χ3v) is 9.15. The Morgan fingerprint density at radius 2 is 1.74 bits per heavy atom. The van der Waals surface area contributed by atoms with Gasteiger partial charge in [0, 0.05) is 42.1 Å². The molecule has 0 spiro atoms. The molecule has 2 N–H and O–H groups in total. The molecule has 6 rings (SSSR count). The summed E-state index contributed by atoms with van der Waals surface area (Å²) >= 11 is 0. The number of para-hydroxylation sites is 1. The van der Waals surface area contributed by atoms with Crippen molar-refractivity contribution in [2.24, 2.45) is 17.3 Å². The Hall–Kier alpha value is -4.14. The minimum absolute atomic E-state index is 0.0795. The van der Waals surface area contributed by atoms with Gasteiger partial charge in [-0.2, -0.15) is 0 Å². The molecule has 226 valence electrons. The number of nitrogens with one attached hydrogen (secondary N) is 2. The van der Waals surface area contributed by atoms with Gasteiger partial charge in [-0.25, -0.2) is 4.98 Å². The third kappa shape index (κ3) is 5.77. The van der Waals surface area contributed by atoms with Crippen molar-refractivity contribution in [1.82, 2.24) is 19.8 Å². The summed E-state index contributed by atoms with van der Waals surface area (Å²) in [6.07, 6.45) is 7.90. The van der Waals surface area contributed by atoms with E-state index in [-0.39, 0.29) is 54.5 Å². The zero-order valence-electron chi connectivity index (χ0n) is 25.2. The molecule has 2 fully saturated rings. The molecule has 0 bridgehead atoms. The van der Waals surface area contributed by atoms with Crippen molar-refractivity contribution in [3.05, 3.63) is 83.9 Å². The summed E-state index contributed by atoms with van der Waals surface area (Å²) in [5, 5.41) is 6.90. The second kappa shape index (κ2) is 11.9. The highest BCUT2D eigenvalue weighted by Crippen LogP contribution is 2.51. The molecule has 3 aliphatic rings. The van der Waals surface area contributed by atoms with E-state index in [0.29, 0.717) is 12.1 Å². The standard InChI is InChI=1S/C34H41N5O4/c1-34(2,3)33(42)43-21-38-20-18-35-30(38)28-25-17-19-39(29(25)23-13-7-9-15-26(23)36-28)32(41)24-14-8-10-16-27(24)37-31(40)22-11-5-4-6-12-22/h4-7,9,11-13,15,18,20,24-25,27-29,36H,8,10,14,16-17,19,21H2,1-3H3,(H,37,40)/t24-,25?,27+,28?,29?/m0/s1. The van der Waals surface area contributed by atoms with E-state index < -0.39 is 5.41 Å². The van der Waals surface area contributed by atoms with Crippen LogP contribution < -0.4 is 10.6 Å². The first kappa shape index (κ1) is 29.0. The molecule has 1 saturated heterocycles. The van der Waals surface area contributed by atoms with Gasteiger partial charge in [0.25, 0.3) is 5.91 Å². The Labute approximate surface area is 253 Å². The Kier molecular flexibility index (Phi) is 7.99. The average Bonchev–Trinajstić information content (AvgIpc) is 3.67. The highest BCUT2D eigenvalue weighted by molar-refractivity contribution is 5.95. The third-order valence-electron chi connectivity index (χ3n) is 9.15. The Balaban J connectivity index is 1.25. The van der Waals surface area contributed by atoms with Crippen LogP contribution in [0.1, 0.15) is 86.7 Å². The van der Waals surface area contributed by atoms with E-state index in [1.807, 2.05) is 61.9 Å². The van der Waals surface area contributed by atoms with Gasteiger partial charge in [-0.3, -0.25) is 19.0 Å². The average molecular weight is 584 g/mol. The topological polar surface area (TPSA) is 106 Å². The lowest BCUT2D eigenvalue weighted by Crippen LogP contribution is -2.50. The van der Waals surface area contributed by atoms with Crippen LogP contribution in [0.3, 0.4) is 0 Å². The minimum Gasteiger partial charge on any atom is -0.443 e. The van der Waals surface area contributed by atoms with Crippen LogP contribution in [0.15, 0.2) is 67.0 Å². The number of carbonyl (C=O) groups is 3. The van der Waals surface area contributed by atoms with Crippen LogP contribution in [0, 0.1) is 17.3 Å². The van der Waals surface area contributed by atoms with E-state index in [4.69, 9.17) is 9.72 Å². The number of carbonyl (C=O) groups excluding carboxylic acids is 3. The molecule has 1 saturated carbocycles. The van der Waals surface area contributed by atoms with Gasteiger partial charge in [0.05, 0.1) is 23.4 Å². The van der Waals surface area contributed by atoms with E-state index >= 15 is 0 Å². The predicted molar refractivity (Wildman–Crippen MR) is 163 cm³/mol. The van der Waals surface area contributed by atoms with Gasteiger partial charge >= 0.3 is 5.97 Å². The molecule has 1 aromatic heterocycles. The lowest BCUT2D eigenvalue weighted by molar-refractivity contribution is -0.157. The van der Waals surface area contributed by atoms with E-state index in [0.717, 1.165) is 49.2 Å². The monoisotopic (exact) mass is 583 g/mol. The number of rotatable bonds is 6. The molecule has 0 radical (unpaired) electrons. The van der Waals surface area contributed by atoms with Crippen LogP contribution in [0.5, 0.6) is 0 Å². The van der Waals surface area contributed by atoms with E-state index in [1.54, 1.807) is 18.3 Å². The number of hydrogen-bond donors (Lipinski definition) is 2. The summed E-state index contributed by atoms with van der Waals surface area (Å²) in [4.78, 5) is 46.7. The Morgan fingerprint density at radius 3 is 2.53 bits per heavy atom. The summed E-state index contributed by atoms with van der Waals surface area (Å²) < 4.78 is 7.52. The molecule has 5 atom stereocenters. The first-order chi connectivity index (χ1) is 20.7. The van der Waals surface area contributed by atoms with Gasteiger partial charge in [0.15, 0.2) is 6.73 Å². The molecule has 3 aromatic rings. The van der Waals surface area contributed by atoms with Gasteiger partial charge in [-0.15, -0.1) is 0 Å². The number of esters is 1. The maximum absolute atomic E-state index is 14.4. The smallest absolute Gasteiger partial charge is 0.312 e. The van der Waals surface area contributed by atoms with Crippen molar-refractivity contribution in [2.45, 2.75) is 77.7 Å². The molecule has 9 nitrogen and oxygen atoms in total. The van der Waals surface area contributed by atoms with Crippen molar-refractivity contribution in [2.75, 3.05) is 11.9 Å². The lowest BCUT2D eigenvalue weighted by Gasteiger charge is -2.41. The molecule has 9 heteroatoms. The van der Waals surface area contributed by atoms with Gasteiger partial charge in [-0.05, 0) is 63.8 Å². The zero-order chi connectivity index (χ0) is 30.1. The Bertz CT molecular complexity index is 1480. The second-order valence-electron chi connectivity index (χ2n) is 13.0. The fourth-order valence-corrected chi connectivity index (χ4v) is 6.93. The summed E-state index contributed by atoms with van der Waals surface area (Å²) in [5.41, 5.74) is 2.09. The second-order valence-corrected chi connectivity index (χ2v) is 13.0. The van der Waals surface area contributed by atoms with Crippen LogP contribution in [0.2, 0.25) is 0 Å². The molecular weight excluding hydrogens is 542 g/mol. The van der Waals surface area contributed by atoms with Crippen LogP contribution in [0.25, 0.3) is 0 Å². The molecule has 1 aliphatic carbocycles. The number of fused-ring (bicyclic) bond motifs is 3. The number of likely N-dealkylation sites (tertiary alicyclic amines) is 1.